The normalized spacial score (nSPS) is 9.81. The van der Waals surface area contributed by atoms with E-state index in [0.29, 0.717) is 27.7 Å². The number of benzene rings is 1. The van der Waals surface area contributed by atoms with Crippen molar-refractivity contribution in [3.63, 3.8) is 0 Å². The number of nitrogens with zero attached hydrogens (tertiary/aromatic N) is 2. The molecule has 5 nitrogen and oxygen atoms in total. The summed E-state index contributed by atoms with van der Waals surface area (Å²) in [7, 11) is 1.69. The minimum absolute atomic E-state index is 0.275. The van der Waals surface area contributed by atoms with Crippen molar-refractivity contribution in [1.29, 1.82) is 5.26 Å². The molecule has 1 amide bonds. The van der Waals surface area contributed by atoms with Gasteiger partial charge in [0.15, 0.2) is 0 Å². The molecule has 0 saturated heterocycles. The minimum atomic E-state index is -0.368. The van der Waals surface area contributed by atoms with Gasteiger partial charge in [0.05, 0.1) is 21.2 Å². The van der Waals surface area contributed by atoms with Gasteiger partial charge in [-0.05, 0) is 24.3 Å². The third kappa shape index (κ3) is 3.43. The standard InChI is InChI=1S/C14H10Cl2N4O/c1-18-13-12(16)4-9(7-19-13)14(21)20-10-3-2-8(6-17)11(15)5-10/h2-5,7H,1H3,(H,18,19)(H,20,21). The van der Waals surface area contributed by atoms with Gasteiger partial charge in [0, 0.05) is 18.9 Å². The molecule has 0 saturated carbocycles. The molecule has 106 valence electrons. The SMILES string of the molecule is CNc1ncc(C(=O)Nc2ccc(C#N)c(Cl)c2)cc1Cl. The second-order valence-electron chi connectivity index (χ2n) is 4.06. The van der Waals surface area contributed by atoms with Crippen LogP contribution in [0.3, 0.4) is 0 Å². The molecule has 0 spiro atoms. The molecule has 7 heteroatoms. The van der Waals surface area contributed by atoms with E-state index in [4.69, 9.17) is 28.5 Å². The molecule has 2 N–H and O–H groups in total. The van der Waals surface area contributed by atoms with Crippen LogP contribution >= 0.6 is 23.2 Å². The summed E-state index contributed by atoms with van der Waals surface area (Å²) in [6.07, 6.45) is 1.41. The van der Waals surface area contributed by atoms with E-state index in [9.17, 15) is 4.79 Å². The fourth-order valence-electron chi connectivity index (χ4n) is 1.63. The van der Waals surface area contributed by atoms with Crippen LogP contribution in [-0.4, -0.2) is 17.9 Å². The number of rotatable bonds is 3. The number of halogens is 2. The lowest BCUT2D eigenvalue weighted by molar-refractivity contribution is 0.102. The van der Waals surface area contributed by atoms with Crippen LogP contribution in [0.15, 0.2) is 30.5 Å². The smallest absolute Gasteiger partial charge is 0.257 e. The van der Waals surface area contributed by atoms with Crippen molar-refractivity contribution in [3.05, 3.63) is 51.6 Å². The predicted octanol–water partition coefficient (Wildman–Crippen LogP) is 3.55. The van der Waals surface area contributed by atoms with Gasteiger partial charge < -0.3 is 10.6 Å². The summed E-state index contributed by atoms with van der Waals surface area (Å²) in [5.41, 5.74) is 1.15. The number of carbonyl (C=O) groups excluding carboxylic acids is 1. The van der Waals surface area contributed by atoms with E-state index in [1.807, 2.05) is 6.07 Å². The maximum absolute atomic E-state index is 12.1. The fourth-order valence-corrected chi connectivity index (χ4v) is 2.12. The van der Waals surface area contributed by atoms with E-state index in [1.54, 1.807) is 13.1 Å². The number of anilines is 2. The van der Waals surface area contributed by atoms with Crippen molar-refractivity contribution in [2.75, 3.05) is 17.7 Å². The summed E-state index contributed by atoms with van der Waals surface area (Å²) in [5, 5.41) is 14.9. The Bertz CT molecular complexity index is 740. The Morgan fingerprint density at radius 1 is 1.29 bits per heavy atom. The Kier molecular flexibility index (Phi) is 4.63. The molecule has 0 fully saturated rings. The van der Waals surface area contributed by atoms with E-state index in [-0.39, 0.29) is 10.9 Å². The maximum Gasteiger partial charge on any atom is 0.257 e. The molecule has 21 heavy (non-hydrogen) atoms. The Labute approximate surface area is 131 Å². The number of carbonyl (C=O) groups is 1. The first kappa shape index (κ1) is 15.1. The van der Waals surface area contributed by atoms with Gasteiger partial charge in [-0.15, -0.1) is 0 Å². The zero-order valence-corrected chi connectivity index (χ0v) is 12.5. The first-order valence-electron chi connectivity index (χ1n) is 5.89. The molecule has 0 unspecified atom stereocenters. The number of hydrogen-bond donors (Lipinski definition) is 2. The lowest BCUT2D eigenvalue weighted by atomic mass is 10.2. The molecule has 0 atom stereocenters. The summed E-state index contributed by atoms with van der Waals surface area (Å²) < 4.78 is 0. The number of aromatic nitrogens is 1. The van der Waals surface area contributed by atoms with Crippen LogP contribution in [0, 0.1) is 11.3 Å². The largest absolute Gasteiger partial charge is 0.372 e. The molecule has 1 aromatic carbocycles. The summed E-state index contributed by atoms with van der Waals surface area (Å²) in [4.78, 5) is 16.1. The van der Waals surface area contributed by atoms with Crippen molar-refractivity contribution in [2.45, 2.75) is 0 Å². The van der Waals surface area contributed by atoms with E-state index >= 15 is 0 Å². The maximum atomic E-state index is 12.1. The predicted molar refractivity (Wildman–Crippen MR) is 82.9 cm³/mol. The summed E-state index contributed by atoms with van der Waals surface area (Å²) in [6, 6.07) is 8.10. The van der Waals surface area contributed by atoms with Gasteiger partial charge >= 0.3 is 0 Å². The first-order valence-corrected chi connectivity index (χ1v) is 6.65. The van der Waals surface area contributed by atoms with Crippen molar-refractivity contribution in [3.8, 4) is 6.07 Å². The first-order chi connectivity index (χ1) is 10.0. The molecule has 2 aromatic rings. The Balaban J connectivity index is 2.20. The Morgan fingerprint density at radius 2 is 2.05 bits per heavy atom. The van der Waals surface area contributed by atoms with Crippen LogP contribution in [0.1, 0.15) is 15.9 Å². The lowest BCUT2D eigenvalue weighted by Gasteiger charge is -2.08. The van der Waals surface area contributed by atoms with E-state index < -0.39 is 0 Å². The molecular formula is C14H10Cl2N4O. The highest BCUT2D eigenvalue weighted by molar-refractivity contribution is 6.33. The fraction of sp³-hybridized carbons (Fsp3) is 0.0714. The van der Waals surface area contributed by atoms with Crippen LogP contribution in [0.2, 0.25) is 10.0 Å². The number of nitrogens with one attached hydrogen (secondary N) is 2. The molecule has 0 radical (unpaired) electrons. The quantitative estimate of drug-likeness (QED) is 0.906. The zero-order valence-electron chi connectivity index (χ0n) is 10.9. The van der Waals surface area contributed by atoms with Crippen molar-refractivity contribution in [1.82, 2.24) is 4.98 Å². The molecule has 1 aromatic heterocycles. The highest BCUT2D eigenvalue weighted by atomic mass is 35.5. The van der Waals surface area contributed by atoms with E-state index in [2.05, 4.69) is 15.6 Å². The summed E-state index contributed by atoms with van der Waals surface area (Å²) in [5.74, 6) is 0.127. The van der Waals surface area contributed by atoms with Crippen LogP contribution in [-0.2, 0) is 0 Å². The van der Waals surface area contributed by atoms with E-state index in [1.165, 1.54) is 24.4 Å². The highest BCUT2D eigenvalue weighted by Gasteiger charge is 2.10. The lowest BCUT2D eigenvalue weighted by Crippen LogP contribution is -2.12. The zero-order chi connectivity index (χ0) is 15.4. The molecule has 2 rings (SSSR count). The van der Waals surface area contributed by atoms with Crippen molar-refractivity contribution >= 4 is 40.6 Å². The van der Waals surface area contributed by atoms with Gasteiger partial charge in [-0.25, -0.2) is 4.98 Å². The molecule has 0 aliphatic rings. The summed E-state index contributed by atoms with van der Waals surface area (Å²) in [6.45, 7) is 0. The molecule has 1 heterocycles. The van der Waals surface area contributed by atoms with Gasteiger partial charge in [-0.3, -0.25) is 4.79 Å². The Hall–Kier alpha value is -2.29. The number of amides is 1. The van der Waals surface area contributed by atoms with Crippen LogP contribution in [0.25, 0.3) is 0 Å². The summed E-state index contributed by atoms with van der Waals surface area (Å²) >= 11 is 11.9. The van der Waals surface area contributed by atoms with Crippen molar-refractivity contribution in [2.24, 2.45) is 0 Å². The second-order valence-corrected chi connectivity index (χ2v) is 4.88. The molecule has 0 aliphatic heterocycles. The Morgan fingerprint density at radius 3 is 2.62 bits per heavy atom. The minimum Gasteiger partial charge on any atom is -0.372 e. The van der Waals surface area contributed by atoms with Gasteiger partial charge in [-0.2, -0.15) is 5.26 Å². The van der Waals surface area contributed by atoms with Crippen LogP contribution in [0.5, 0.6) is 0 Å². The average Bonchev–Trinajstić information content (AvgIpc) is 2.47. The van der Waals surface area contributed by atoms with Gasteiger partial charge in [-0.1, -0.05) is 23.2 Å². The van der Waals surface area contributed by atoms with E-state index in [0.717, 1.165) is 0 Å². The average molecular weight is 321 g/mol. The third-order valence-corrected chi connectivity index (χ3v) is 3.29. The third-order valence-electron chi connectivity index (χ3n) is 2.69. The molecule has 0 aliphatic carbocycles. The molecular weight excluding hydrogens is 311 g/mol. The number of nitriles is 1. The van der Waals surface area contributed by atoms with Crippen LogP contribution < -0.4 is 10.6 Å². The topological polar surface area (TPSA) is 77.8 Å². The van der Waals surface area contributed by atoms with Gasteiger partial charge in [0.2, 0.25) is 0 Å². The van der Waals surface area contributed by atoms with Gasteiger partial charge in [0.25, 0.3) is 5.91 Å². The van der Waals surface area contributed by atoms with Crippen LogP contribution in [0.4, 0.5) is 11.5 Å². The van der Waals surface area contributed by atoms with Crippen molar-refractivity contribution < 1.29 is 4.79 Å². The number of pyridine rings is 1. The number of hydrogen-bond acceptors (Lipinski definition) is 4. The second kappa shape index (κ2) is 6.44. The van der Waals surface area contributed by atoms with Gasteiger partial charge in [0.1, 0.15) is 11.9 Å². The molecule has 0 bridgehead atoms. The monoisotopic (exact) mass is 320 g/mol. The highest BCUT2D eigenvalue weighted by Crippen LogP contribution is 2.22.